The second-order valence-corrected chi connectivity index (χ2v) is 6.44. The molecule has 0 radical (unpaired) electrons. The highest BCUT2D eigenvalue weighted by molar-refractivity contribution is 6.31. The highest BCUT2D eigenvalue weighted by Gasteiger charge is 2.07. The summed E-state index contributed by atoms with van der Waals surface area (Å²) in [7, 11) is 0. The summed E-state index contributed by atoms with van der Waals surface area (Å²) in [5, 5.41) is 10.8. The predicted molar refractivity (Wildman–Crippen MR) is 107 cm³/mol. The van der Waals surface area contributed by atoms with Gasteiger partial charge in [0.05, 0.1) is 11.6 Å². The first-order chi connectivity index (χ1) is 12.7. The minimum absolute atomic E-state index is 0.351. The molecule has 26 heavy (non-hydrogen) atoms. The van der Waals surface area contributed by atoms with E-state index in [2.05, 4.69) is 6.07 Å². The molecule has 4 heteroatoms. The summed E-state index contributed by atoms with van der Waals surface area (Å²) in [6.45, 7) is 0.351. The molecule has 128 valence electrons. The molecule has 0 aliphatic carbocycles. The van der Waals surface area contributed by atoms with Crippen LogP contribution in [0, 0.1) is 11.3 Å². The number of hydrogen-bond acceptors (Lipinski definition) is 2. The number of halogens is 2. The molecule has 0 aliphatic heterocycles. The predicted octanol–water partition coefficient (Wildman–Crippen LogP) is 6.64. The number of allylic oxidation sites excluding steroid dienone is 1. The van der Waals surface area contributed by atoms with E-state index in [9.17, 15) is 5.26 Å². The zero-order chi connectivity index (χ0) is 18.4. The average Bonchev–Trinajstić information content (AvgIpc) is 2.66. The summed E-state index contributed by atoms with van der Waals surface area (Å²) in [5.74, 6) is 0.683. The van der Waals surface area contributed by atoms with Gasteiger partial charge < -0.3 is 4.74 Å². The van der Waals surface area contributed by atoms with Crippen LogP contribution in [-0.2, 0) is 6.61 Å². The molecule has 3 rings (SSSR count). The highest BCUT2D eigenvalue weighted by Crippen LogP contribution is 2.27. The Labute approximate surface area is 162 Å². The Balaban J connectivity index is 1.89. The Morgan fingerprint density at radius 2 is 1.73 bits per heavy atom. The van der Waals surface area contributed by atoms with Gasteiger partial charge in [-0.25, -0.2) is 0 Å². The van der Waals surface area contributed by atoms with Crippen LogP contribution in [0.2, 0.25) is 10.0 Å². The van der Waals surface area contributed by atoms with E-state index in [4.69, 9.17) is 27.9 Å². The third-order valence-electron chi connectivity index (χ3n) is 3.82. The number of benzene rings is 3. The molecule has 0 unspecified atom stereocenters. The lowest BCUT2D eigenvalue weighted by atomic mass is 10.0. The third kappa shape index (κ3) is 4.46. The van der Waals surface area contributed by atoms with Crippen LogP contribution >= 0.6 is 23.2 Å². The third-order valence-corrected chi connectivity index (χ3v) is 4.42. The number of nitrogens with zero attached hydrogens (tertiary/aromatic N) is 1. The van der Waals surface area contributed by atoms with Crippen LogP contribution in [0.3, 0.4) is 0 Å². The van der Waals surface area contributed by atoms with Gasteiger partial charge in [-0.3, -0.25) is 0 Å². The molecule has 0 spiro atoms. The second kappa shape index (κ2) is 8.58. The van der Waals surface area contributed by atoms with Crippen molar-refractivity contribution in [3.63, 3.8) is 0 Å². The van der Waals surface area contributed by atoms with Gasteiger partial charge in [0, 0.05) is 21.2 Å². The Morgan fingerprint density at radius 1 is 0.962 bits per heavy atom. The van der Waals surface area contributed by atoms with E-state index in [0.29, 0.717) is 28.0 Å². The lowest BCUT2D eigenvalue weighted by Crippen LogP contribution is -1.97. The van der Waals surface area contributed by atoms with E-state index < -0.39 is 0 Å². The summed E-state index contributed by atoms with van der Waals surface area (Å²) in [5.41, 5.74) is 3.00. The molecular weight excluding hydrogens is 365 g/mol. The van der Waals surface area contributed by atoms with E-state index in [0.717, 1.165) is 16.7 Å². The van der Waals surface area contributed by atoms with Gasteiger partial charge in [-0.2, -0.15) is 5.26 Å². The van der Waals surface area contributed by atoms with Gasteiger partial charge in [-0.15, -0.1) is 0 Å². The van der Waals surface area contributed by atoms with Crippen LogP contribution in [0.1, 0.15) is 16.7 Å². The average molecular weight is 380 g/mol. The fourth-order valence-corrected chi connectivity index (χ4v) is 2.87. The van der Waals surface area contributed by atoms with Gasteiger partial charge in [-0.05, 0) is 35.9 Å². The molecule has 2 nitrogen and oxygen atoms in total. The first-order valence-electron chi connectivity index (χ1n) is 8.00. The van der Waals surface area contributed by atoms with Crippen molar-refractivity contribution in [3.05, 3.63) is 99.5 Å². The van der Waals surface area contributed by atoms with Crippen LogP contribution < -0.4 is 4.74 Å². The van der Waals surface area contributed by atoms with Gasteiger partial charge in [0.15, 0.2) is 0 Å². The van der Waals surface area contributed by atoms with Crippen molar-refractivity contribution < 1.29 is 4.74 Å². The molecule has 0 saturated carbocycles. The maximum Gasteiger partial charge on any atom is 0.127 e. The van der Waals surface area contributed by atoms with Gasteiger partial charge in [0.2, 0.25) is 0 Å². The summed E-state index contributed by atoms with van der Waals surface area (Å²) in [4.78, 5) is 0. The first-order valence-corrected chi connectivity index (χ1v) is 8.76. The zero-order valence-corrected chi connectivity index (χ0v) is 15.3. The topological polar surface area (TPSA) is 33.0 Å². The van der Waals surface area contributed by atoms with E-state index in [1.807, 2.05) is 60.7 Å². The lowest BCUT2D eigenvalue weighted by Gasteiger charge is -2.11. The molecule has 0 aromatic heterocycles. The molecule has 3 aromatic carbocycles. The summed E-state index contributed by atoms with van der Waals surface area (Å²) < 4.78 is 5.94. The molecule has 0 N–H and O–H groups in total. The Hall–Kier alpha value is -2.73. The zero-order valence-electron chi connectivity index (χ0n) is 13.8. The molecule has 0 atom stereocenters. The van der Waals surface area contributed by atoms with Gasteiger partial charge in [0.25, 0.3) is 0 Å². The van der Waals surface area contributed by atoms with Crippen molar-refractivity contribution in [1.29, 1.82) is 5.26 Å². The summed E-state index contributed by atoms with van der Waals surface area (Å²) in [6.07, 6.45) is 1.80. The Bertz CT molecular complexity index is 989. The van der Waals surface area contributed by atoms with Crippen molar-refractivity contribution in [2.45, 2.75) is 6.61 Å². The molecule has 0 aliphatic rings. The Morgan fingerprint density at radius 3 is 2.50 bits per heavy atom. The number of rotatable bonds is 5. The molecule has 0 amide bonds. The molecule has 0 bridgehead atoms. The fraction of sp³-hybridized carbons (Fsp3) is 0.0455. The molecule has 3 aromatic rings. The van der Waals surface area contributed by atoms with E-state index in [1.54, 1.807) is 18.2 Å². The van der Waals surface area contributed by atoms with Gasteiger partial charge >= 0.3 is 0 Å². The van der Waals surface area contributed by atoms with Crippen molar-refractivity contribution >= 4 is 34.9 Å². The van der Waals surface area contributed by atoms with Crippen LogP contribution in [0.5, 0.6) is 5.75 Å². The van der Waals surface area contributed by atoms with Crippen LogP contribution in [0.4, 0.5) is 0 Å². The maximum absolute atomic E-state index is 9.55. The first kappa shape index (κ1) is 18.1. The SMILES string of the molecule is N#C/C(=C/c1ccccc1OCc1ccccc1Cl)c1cccc(Cl)c1. The summed E-state index contributed by atoms with van der Waals surface area (Å²) >= 11 is 12.2. The van der Waals surface area contributed by atoms with Crippen molar-refractivity contribution in [3.8, 4) is 11.8 Å². The fourth-order valence-electron chi connectivity index (χ4n) is 2.49. The monoisotopic (exact) mass is 379 g/mol. The molecule has 0 fully saturated rings. The smallest absolute Gasteiger partial charge is 0.127 e. The molecule has 0 saturated heterocycles. The molecular formula is C22H15Cl2NO. The maximum atomic E-state index is 9.55. The van der Waals surface area contributed by atoms with Gasteiger partial charge in [0.1, 0.15) is 12.4 Å². The van der Waals surface area contributed by atoms with Gasteiger partial charge in [-0.1, -0.05) is 71.7 Å². The molecule has 0 heterocycles. The second-order valence-electron chi connectivity index (χ2n) is 5.60. The van der Waals surface area contributed by atoms with Crippen LogP contribution in [-0.4, -0.2) is 0 Å². The minimum Gasteiger partial charge on any atom is -0.488 e. The van der Waals surface area contributed by atoms with Crippen LogP contribution in [0.25, 0.3) is 11.6 Å². The van der Waals surface area contributed by atoms with Crippen molar-refractivity contribution in [2.24, 2.45) is 0 Å². The number of ether oxygens (including phenoxy) is 1. The van der Waals surface area contributed by atoms with E-state index in [1.165, 1.54) is 0 Å². The standard InChI is InChI=1S/C22H15Cl2NO/c23-20-9-5-8-16(13-20)19(14-25)12-17-6-2-4-11-22(17)26-15-18-7-1-3-10-21(18)24/h1-13H,15H2/b19-12-. The highest BCUT2D eigenvalue weighted by atomic mass is 35.5. The number of hydrogen-bond donors (Lipinski definition) is 0. The minimum atomic E-state index is 0.351. The number of para-hydroxylation sites is 1. The summed E-state index contributed by atoms with van der Waals surface area (Å²) in [6, 6.07) is 24.6. The van der Waals surface area contributed by atoms with Crippen molar-refractivity contribution in [1.82, 2.24) is 0 Å². The van der Waals surface area contributed by atoms with E-state index in [-0.39, 0.29) is 0 Å². The lowest BCUT2D eigenvalue weighted by molar-refractivity contribution is 0.305. The normalized spacial score (nSPS) is 11.0. The largest absolute Gasteiger partial charge is 0.488 e. The van der Waals surface area contributed by atoms with Crippen molar-refractivity contribution in [2.75, 3.05) is 0 Å². The van der Waals surface area contributed by atoms with Crippen LogP contribution in [0.15, 0.2) is 72.8 Å². The number of nitriles is 1. The quantitative estimate of drug-likeness (QED) is 0.367. The van der Waals surface area contributed by atoms with E-state index >= 15 is 0 Å². The Kier molecular flexibility index (Phi) is 5.96.